The Labute approximate surface area is 194 Å². The number of Topliss-reactive ketones (excluding diaryl/α,β-unsaturated/α-hetero) is 1. The van der Waals surface area contributed by atoms with Crippen molar-refractivity contribution in [2.45, 2.75) is 73.9 Å². The van der Waals surface area contributed by atoms with Crippen LogP contribution in [0.4, 0.5) is 0 Å². The largest absolute Gasteiger partial charge is 0.385 e. The Morgan fingerprint density at radius 2 is 1.88 bits per heavy atom. The topological polar surface area (TPSA) is 66.8 Å². The van der Waals surface area contributed by atoms with Gasteiger partial charge in [0.1, 0.15) is 11.7 Å². The molecule has 0 aromatic heterocycles. The maximum absolute atomic E-state index is 13.0. The molecule has 1 aromatic carbocycles. The van der Waals surface area contributed by atoms with Gasteiger partial charge in [-0.15, -0.1) is 11.8 Å². The molecule has 4 atom stereocenters. The Kier molecular flexibility index (Phi) is 6.91. The second-order valence-electron chi connectivity index (χ2n) is 8.84. The number of ketones is 1. The van der Waals surface area contributed by atoms with Gasteiger partial charge in [0.25, 0.3) is 0 Å². The number of allylic oxidation sites excluding steroid dienone is 3. The molecule has 3 aliphatic carbocycles. The Morgan fingerprint density at radius 1 is 1.19 bits per heavy atom. The summed E-state index contributed by atoms with van der Waals surface area (Å²) in [5, 5.41) is 22.7. The number of fused-ring (bicyclic) bond motifs is 3. The molecule has 32 heavy (non-hydrogen) atoms. The first-order chi connectivity index (χ1) is 15.4. The predicted octanol–water partition coefficient (Wildman–Crippen LogP) is 4.93. The molecule has 170 valence electrons. The van der Waals surface area contributed by atoms with Crippen molar-refractivity contribution in [1.82, 2.24) is 0 Å². The smallest absolute Gasteiger partial charge is 0.162 e. The lowest BCUT2D eigenvalue weighted by molar-refractivity contribution is -0.124. The molecule has 2 unspecified atom stereocenters. The zero-order valence-electron chi connectivity index (χ0n) is 18.8. The number of rotatable bonds is 6. The fraction of sp³-hybridized carbons (Fsp3) is 0.444. The Morgan fingerprint density at radius 3 is 2.56 bits per heavy atom. The highest BCUT2D eigenvalue weighted by Crippen LogP contribution is 2.50. The highest BCUT2D eigenvalue weighted by atomic mass is 32.2. The molecule has 4 nitrogen and oxygen atoms in total. The van der Waals surface area contributed by atoms with E-state index >= 15 is 0 Å². The van der Waals surface area contributed by atoms with E-state index in [1.165, 1.54) is 0 Å². The van der Waals surface area contributed by atoms with Crippen molar-refractivity contribution in [2.75, 3.05) is 6.61 Å². The van der Waals surface area contributed by atoms with Gasteiger partial charge in [-0.05, 0) is 66.2 Å². The molecule has 1 aromatic rings. The van der Waals surface area contributed by atoms with Crippen molar-refractivity contribution in [1.29, 1.82) is 0 Å². The van der Waals surface area contributed by atoms with Gasteiger partial charge in [-0.25, -0.2) is 0 Å². The SMILES string of the molecule is C=C1C2=C(C)C(=O)CC1(O)[C@@H](O)C1=CCCC=C1[C@@H](OCCCC)C2Sc1ccccc1. The fourth-order valence-electron chi connectivity index (χ4n) is 4.87. The normalized spacial score (nSPS) is 30.3. The van der Waals surface area contributed by atoms with Crippen LogP contribution in [0.2, 0.25) is 0 Å². The van der Waals surface area contributed by atoms with Crippen molar-refractivity contribution >= 4 is 17.5 Å². The van der Waals surface area contributed by atoms with Gasteiger partial charge in [0.15, 0.2) is 5.78 Å². The number of thioether (sulfide) groups is 1. The monoisotopic (exact) mass is 452 g/mol. The van der Waals surface area contributed by atoms with Crippen molar-refractivity contribution in [3.05, 3.63) is 76.9 Å². The second kappa shape index (κ2) is 9.52. The zero-order chi connectivity index (χ0) is 22.9. The molecule has 2 N–H and O–H groups in total. The molecule has 0 radical (unpaired) electrons. The van der Waals surface area contributed by atoms with E-state index in [2.05, 4.69) is 19.6 Å². The number of carbonyl (C=O) groups excluding carboxylic acids is 1. The van der Waals surface area contributed by atoms with Crippen molar-refractivity contribution in [3.8, 4) is 0 Å². The molecule has 0 saturated heterocycles. The number of hydrogen-bond donors (Lipinski definition) is 2. The van der Waals surface area contributed by atoms with E-state index < -0.39 is 11.7 Å². The van der Waals surface area contributed by atoms with Gasteiger partial charge in [-0.2, -0.15) is 0 Å². The van der Waals surface area contributed by atoms with E-state index in [0.717, 1.165) is 36.2 Å². The van der Waals surface area contributed by atoms with Crippen LogP contribution in [0.5, 0.6) is 0 Å². The average molecular weight is 453 g/mol. The number of unbranched alkanes of at least 4 members (excludes halogenated alkanes) is 1. The number of hydrogen-bond acceptors (Lipinski definition) is 5. The van der Waals surface area contributed by atoms with E-state index in [4.69, 9.17) is 4.74 Å². The summed E-state index contributed by atoms with van der Waals surface area (Å²) >= 11 is 1.63. The van der Waals surface area contributed by atoms with Crippen LogP contribution in [0.3, 0.4) is 0 Å². The van der Waals surface area contributed by atoms with Gasteiger partial charge < -0.3 is 14.9 Å². The number of aliphatic hydroxyl groups is 2. The Hall–Kier alpha value is -1.92. The molecule has 3 aliphatic rings. The molecule has 0 amide bonds. The summed E-state index contributed by atoms with van der Waals surface area (Å²) in [4.78, 5) is 14.1. The summed E-state index contributed by atoms with van der Waals surface area (Å²) in [6.07, 6.45) is 5.99. The third-order valence-electron chi connectivity index (χ3n) is 6.74. The molecular weight excluding hydrogens is 420 g/mol. The molecule has 4 rings (SSSR count). The molecule has 1 saturated carbocycles. The van der Waals surface area contributed by atoms with Crippen molar-refractivity contribution in [3.63, 3.8) is 0 Å². The number of ether oxygens (including phenoxy) is 1. The lowest BCUT2D eigenvalue weighted by Gasteiger charge is -2.47. The van der Waals surface area contributed by atoms with Crippen LogP contribution in [0, 0.1) is 0 Å². The van der Waals surface area contributed by atoms with Crippen LogP contribution in [0.15, 0.2) is 81.8 Å². The van der Waals surface area contributed by atoms with E-state index in [0.29, 0.717) is 28.9 Å². The molecule has 0 heterocycles. The van der Waals surface area contributed by atoms with Crippen molar-refractivity contribution < 1.29 is 19.7 Å². The Balaban J connectivity index is 1.91. The van der Waals surface area contributed by atoms with E-state index in [1.807, 2.05) is 43.3 Å². The van der Waals surface area contributed by atoms with Gasteiger partial charge in [-0.1, -0.05) is 50.3 Å². The highest BCUT2D eigenvalue weighted by molar-refractivity contribution is 8.00. The lowest BCUT2D eigenvalue weighted by atomic mass is 9.66. The number of carbonyl (C=O) groups is 1. The molecular formula is C27H32O4S. The molecule has 0 aliphatic heterocycles. The van der Waals surface area contributed by atoms with Gasteiger partial charge in [-0.3, -0.25) is 4.79 Å². The fourth-order valence-corrected chi connectivity index (χ4v) is 6.27. The maximum atomic E-state index is 13.0. The summed E-state index contributed by atoms with van der Waals surface area (Å²) in [5.41, 5.74) is 1.64. The van der Waals surface area contributed by atoms with E-state index in [-0.39, 0.29) is 23.6 Å². The van der Waals surface area contributed by atoms with Crippen LogP contribution < -0.4 is 0 Å². The van der Waals surface area contributed by atoms with Crippen molar-refractivity contribution in [2.24, 2.45) is 0 Å². The predicted molar refractivity (Wildman–Crippen MR) is 129 cm³/mol. The second-order valence-corrected chi connectivity index (χ2v) is 10.1. The molecule has 1 fully saturated rings. The average Bonchev–Trinajstić information content (AvgIpc) is 2.80. The van der Waals surface area contributed by atoms with Gasteiger partial charge in [0.2, 0.25) is 0 Å². The third kappa shape index (κ3) is 4.08. The van der Waals surface area contributed by atoms with Gasteiger partial charge >= 0.3 is 0 Å². The summed E-state index contributed by atoms with van der Waals surface area (Å²) in [7, 11) is 0. The first-order valence-electron chi connectivity index (χ1n) is 11.5. The van der Waals surface area contributed by atoms with Gasteiger partial charge in [0, 0.05) is 17.9 Å². The van der Waals surface area contributed by atoms with E-state index in [9.17, 15) is 15.0 Å². The summed E-state index contributed by atoms with van der Waals surface area (Å²) < 4.78 is 6.51. The minimum Gasteiger partial charge on any atom is -0.385 e. The van der Waals surface area contributed by atoms with E-state index in [1.54, 1.807) is 11.8 Å². The first-order valence-corrected chi connectivity index (χ1v) is 12.3. The number of aliphatic hydroxyl groups excluding tert-OH is 1. The maximum Gasteiger partial charge on any atom is 0.162 e. The summed E-state index contributed by atoms with van der Waals surface area (Å²) in [5.74, 6) is -0.149. The zero-order valence-corrected chi connectivity index (χ0v) is 19.7. The molecule has 2 bridgehead atoms. The first kappa shape index (κ1) is 23.2. The van der Waals surface area contributed by atoms with Crippen LogP contribution >= 0.6 is 11.8 Å². The Bertz CT molecular complexity index is 990. The van der Waals surface area contributed by atoms with Crippen LogP contribution in [-0.4, -0.2) is 45.7 Å². The highest BCUT2D eigenvalue weighted by Gasteiger charge is 2.53. The van der Waals surface area contributed by atoms with Crippen LogP contribution in [0.1, 0.15) is 46.0 Å². The third-order valence-corrected chi connectivity index (χ3v) is 8.02. The quantitative estimate of drug-likeness (QED) is 0.599. The summed E-state index contributed by atoms with van der Waals surface area (Å²) in [6.45, 7) is 8.76. The standard InChI is InChI=1S/C27H32O4S/c1-4-5-15-31-24-20-13-9-10-14-21(20)26(29)27(30)16-22(28)17(2)23(18(27)3)25(24)32-19-11-7-6-8-12-19/h6-8,11-14,24-26,29-30H,3-5,9-10,15-16H2,1-2H3/t24-,25?,26+,27?/m1/s1. The van der Waals surface area contributed by atoms with Crippen LogP contribution in [0.25, 0.3) is 0 Å². The lowest BCUT2D eigenvalue weighted by Crippen LogP contribution is -2.54. The molecule has 5 heteroatoms. The molecule has 0 spiro atoms. The summed E-state index contributed by atoms with van der Waals surface area (Å²) in [6, 6.07) is 10.0. The minimum atomic E-state index is -1.71. The number of benzene rings is 1. The van der Waals surface area contributed by atoms with Crippen LogP contribution in [-0.2, 0) is 9.53 Å². The minimum absolute atomic E-state index is 0.149. The van der Waals surface area contributed by atoms with Gasteiger partial charge in [0.05, 0.1) is 11.4 Å².